The van der Waals surface area contributed by atoms with Crippen molar-refractivity contribution in [3.05, 3.63) is 34.0 Å². The van der Waals surface area contributed by atoms with E-state index in [4.69, 9.17) is 4.42 Å². The lowest BCUT2D eigenvalue weighted by Crippen LogP contribution is -2.26. The van der Waals surface area contributed by atoms with Crippen molar-refractivity contribution in [3.8, 4) is 0 Å². The van der Waals surface area contributed by atoms with Crippen molar-refractivity contribution in [2.45, 2.75) is 25.1 Å². The number of nitrogens with one attached hydrogen (secondary N) is 1. The zero-order chi connectivity index (χ0) is 14.8. The number of rotatable bonds is 6. The Bertz CT molecular complexity index is 676. The zero-order valence-electron chi connectivity index (χ0n) is 11.6. The summed E-state index contributed by atoms with van der Waals surface area (Å²) in [5.74, 6) is 0.591. The molecule has 0 aliphatic carbocycles. The molecule has 0 saturated carbocycles. The second kappa shape index (κ2) is 6.04. The van der Waals surface area contributed by atoms with Gasteiger partial charge in [0.1, 0.15) is 5.76 Å². The molecule has 0 bridgehead atoms. The molecule has 0 aliphatic heterocycles. The summed E-state index contributed by atoms with van der Waals surface area (Å²) in [4.78, 5) is 5.05. The smallest absolute Gasteiger partial charge is 0.276 e. The van der Waals surface area contributed by atoms with Crippen molar-refractivity contribution < 1.29 is 12.8 Å². The maximum absolute atomic E-state index is 12.4. The molecule has 2 rings (SSSR count). The molecule has 110 valence electrons. The fourth-order valence-electron chi connectivity index (χ4n) is 1.68. The minimum atomic E-state index is -3.61. The molecule has 2 heterocycles. The molecule has 0 unspecified atom stereocenters. The van der Waals surface area contributed by atoms with E-state index < -0.39 is 10.0 Å². The first kappa shape index (κ1) is 15.2. The van der Waals surface area contributed by atoms with Crippen molar-refractivity contribution >= 4 is 21.4 Å². The predicted molar refractivity (Wildman–Crippen MR) is 77.0 cm³/mol. The lowest BCUT2D eigenvalue weighted by Gasteiger charge is -2.14. The Morgan fingerprint density at radius 3 is 2.80 bits per heavy atom. The Hall–Kier alpha value is -1.22. The van der Waals surface area contributed by atoms with Gasteiger partial charge in [0, 0.05) is 18.5 Å². The first-order chi connectivity index (χ1) is 9.45. The van der Waals surface area contributed by atoms with Crippen LogP contribution in [0.3, 0.4) is 0 Å². The van der Waals surface area contributed by atoms with Gasteiger partial charge in [-0.1, -0.05) is 0 Å². The van der Waals surface area contributed by atoms with E-state index in [1.54, 1.807) is 18.6 Å². The lowest BCUT2D eigenvalue weighted by molar-refractivity contribution is 0.382. The van der Waals surface area contributed by atoms with Crippen molar-refractivity contribution in [3.63, 3.8) is 0 Å². The summed E-state index contributed by atoms with van der Waals surface area (Å²) in [6, 6.07) is 3.15. The minimum absolute atomic E-state index is 0.0348. The maximum Gasteiger partial charge on any atom is 0.276 e. The summed E-state index contributed by atoms with van der Waals surface area (Å²) >= 11 is 1.44. The molecule has 1 N–H and O–H groups in total. The summed E-state index contributed by atoms with van der Waals surface area (Å²) in [7, 11) is -0.302. The van der Waals surface area contributed by atoms with Gasteiger partial charge in [-0.3, -0.25) is 0 Å². The number of aromatic nitrogens is 1. The number of thiazole rings is 1. The van der Waals surface area contributed by atoms with E-state index in [0.717, 1.165) is 10.6 Å². The van der Waals surface area contributed by atoms with E-state index in [2.05, 4.69) is 10.3 Å². The van der Waals surface area contributed by atoms with Crippen LogP contribution in [0.25, 0.3) is 0 Å². The highest BCUT2D eigenvalue weighted by molar-refractivity contribution is 7.88. The van der Waals surface area contributed by atoms with E-state index in [-0.39, 0.29) is 5.09 Å². The van der Waals surface area contributed by atoms with Crippen LogP contribution < -0.4 is 5.32 Å². The summed E-state index contributed by atoms with van der Waals surface area (Å²) in [5, 5.41) is 2.88. The molecule has 20 heavy (non-hydrogen) atoms. The van der Waals surface area contributed by atoms with Crippen LogP contribution in [0.4, 0.5) is 0 Å². The van der Waals surface area contributed by atoms with Gasteiger partial charge in [-0.2, -0.15) is 4.31 Å². The molecule has 0 fully saturated rings. The summed E-state index contributed by atoms with van der Waals surface area (Å²) in [6.45, 7) is 2.65. The van der Waals surface area contributed by atoms with Crippen molar-refractivity contribution in [1.29, 1.82) is 0 Å². The molecule has 0 spiro atoms. The Morgan fingerprint density at radius 2 is 2.20 bits per heavy atom. The maximum atomic E-state index is 12.4. The van der Waals surface area contributed by atoms with E-state index in [1.165, 1.54) is 28.8 Å². The number of furan rings is 1. The minimum Gasteiger partial charge on any atom is -0.447 e. The fourth-order valence-corrected chi connectivity index (χ4v) is 3.65. The molecule has 0 radical (unpaired) electrons. The van der Waals surface area contributed by atoms with Gasteiger partial charge in [-0.05, 0) is 26.1 Å². The Morgan fingerprint density at radius 1 is 1.45 bits per heavy atom. The number of hydrogen-bond donors (Lipinski definition) is 1. The second-order valence-electron chi connectivity index (χ2n) is 4.37. The van der Waals surface area contributed by atoms with Gasteiger partial charge in [-0.25, -0.2) is 13.4 Å². The van der Waals surface area contributed by atoms with Crippen LogP contribution in [0.5, 0.6) is 0 Å². The van der Waals surface area contributed by atoms with Crippen LogP contribution in [0.15, 0.2) is 27.2 Å². The van der Waals surface area contributed by atoms with Crippen LogP contribution >= 0.6 is 11.3 Å². The standard InChI is InChI=1S/C12H17N3O3S2/c1-9-11(19-8-14-9)7-15(3)20(16,17)12-5-4-10(18-12)6-13-2/h4-5,8,13H,6-7H2,1-3H3. The number of aryl methyl sites for hydroxylation is 1. The van der Waals surface area contributed by atoms with Gasteiger partial charge in [-0.15, -0.1) is 11.3 Å². The molecule has 2 aromatic rings. The molecular weight excluding hydrogens is 298 g/mol. The monoisotopic (exact) mass is 315 g/mol. The molecule has 0 saturated heterocycles. The van der Waals surface area contributed by atoms with Crippen molar-refractivity contribution in [1.82, 2.24) is 14.6 Å². The Balaban J connectivity index is 2.18. The predicted octanol–water partition coefficient (Wildman–Crippen LogP) is 1.58. The third-order valence-corrected chi connectivity index (χ3v) is 5.46. The normalized spacial score (nSPS) is 12.2. The first-order valence-electron chi connectivity index (χ1n) is 6.03. The summed E-state index contributed by atoms with van der Waals surface area (Å²) in [6.07, 6.45) is 0. The third-order valence-electron chi connectivity index (χ3n) is 2.86. The van der Waals surface area contributed by atoms with Gasteiger partial charge >= 0.3 is 0 Å². The number of nitrogens with zero attached hydrogens (tertiary/aromatic N) is 2. The topological polar surface area (TPSA) is 75.4 Å². The highest BCUT2D eigenvalue weighted by atomic mass is 32.2. The van der Waals surface area contributed by atoms with E-state index in [0.29, 0.717) is 18.8 Å². The molecular formula is C12H17N3O3S2. The van der Waals surface area contributed by atoms with Crippen LogP contribution in [0.2, 0.25) is 0 Å². The largest absolute Gasteiger partial charge is 0.447 e. The fraction of sp³-hybridized carbons (Fsp3) is 0.417. The highest BCUT2D eigenvalue weighted by Gasteiger charge is 2.25. The van der Waals surface area contributed by atoms with Crippen LogP contribution in [-0.4, -0.2) is 31.8 Å². The third kappa shape index (κ3) is 3.09. The molecule has 0 atom stereocenters. The number of sulfonamides is 1. The molecule has 2 aromatic heterocycles. The Kier molecular flexibility index (Phi) is 4.59. The SMILES string of the molecule is CNCc1ccc(S(=O)(=O)N(C)Cc2scnc2C)o1. The van der Waals surface area contributed by atoms with Crippen LogP contribution in [0, 0.1) is 6.92 Å². The van der Waals surface area contributed by atoms with Crippen molar-refractivity contribution in [2.24, 2.45) is 0 Å². The van der Waals surface area contributed by atoms with Gasteiger partial charge in [0.05, 0.1) is 17.7 Å². The second-order valence-corrected chi connectivity index (χ2v) is 7.29. The number of hydrogen-bond acceptors (Lipinski definition) is 6. The highest BCUT2D eigenvalue weighted by Crippen LogP contribution is 2.21. The average molecular weight is 315 g/mol. The lowest BCUT2D eigenvalue weighted by atomic mass is 10.4. The van der Waals surface area contributed by atoms with Crippen molar-refractivity contribution in [2.75, 3.05) is 14.1 Å². The van der Waals surface area contributed by atoms with E-state index >= 15 is 0 Å². The molecule has 0 aliphatic rings. The van der Waals surface area contributed by atoms with E-state index in [9.17, 15) is 8.42 Å². The first-order valence-corrected chi connectivity index (χ1v) is 8.35. The average Bonchev–Trinajstić information content (AvgIpc) is 3.00. The summed E-state index contributed by atoms with van der Waals surface area (Å²) < 4.78 is 31.4. The molecule has 8 heteroatoms. The zero-order valence-corrected chi connectivity index (χ0v) is 13.2. The quantitative estimate of drug-likeness (QED) is 0.876. The van der Waals surface area contributed by atoms with Crippen LogP contribution in [-0.2, 0) is 23.1 Å². The molecule has 6 nitrogen and oxygen atoms in total. The van der Waals surface area contributed by atoms with Crippen LogP contribution in [0.1, 0.15) is 16.3 Å². The summed E-state index contributed by atoms with van der Waals surface area (Å²) in [5.41, 5.74) is 2.57. The van der Waals surface area contributed by atoms with Gasteiger partial charge in [0.2, 0.25) is 5.09 Å². The van der Waals surface area contributed by atoms with Gasteiger partial charge in [0.25, 0.3) is 10.0 Å². The Labute approximate surface area is 122 Å². The molecule has 0 amide bonds. The molecule has 0 aromatic carbocycles. The van der Waals surface area contributed by atoms with E-state index in [1.807, 2.05) is 6.92 Å². The van der Waals surface area contributed by atoms with Gasteiger partial charge < -0.3 is 9.73 Å². The van der Waals surface area contributed by atoms with Gasteiger partial charge in [0.15, 0.2) is 0 Å².